The van der Waals surface area contributed by atoms with Crippen LogP contribution in [0.15, 0.2) is 83.5 Å². The van der Waals surface area contributed by atoms with Crippen molar-refractivity contribution in [1.29, 1.82) is 0 Å². The van der Waals surface area contributed by atoms with E-state index in [4.69, 9.17) is 9.15 Å². The van der Waals surface area contributed by atoms with Crippen LogP contribution in [0.4, 0.5) is 5.69 Å². The third-order valence-electron chi connectivity index (χ3n) is 5.63. The van der Waals surface area contributed by atoms with E-state index in [-0.39, 0.29) is 12.3 Å². The lowest BCUT2D eigenvalue weighted by Crippen LogP contribution is -2.31. The van der Waals surface area contributed by atoms with E-state index in [1.807, 2.05) is 72.5 Å². The van der Waals surface area contributed by atoms with Gasteiger partial charge in [0.2, 0.25) is 5.91 Å². The molecule has 0 radical (unpaired) electrons. The molecule has 32 heavy (non-hydrogen) atoms. The number of anilines is 1. The topological polar surface area (TPSA) is 42.7 Å². The van der Waals surface area contributed by atoms with E-state index < -0.39 is 0 Å². The Balaban J connectivity index is 1.64. The first-order valence-corrected chi connectivity index (χ1v) is 11.1. The molecule has 0 aliphatic heterocycles. The molecule has 1 heterocycles. The van der Waals surface area contributed by atoms with Crippen molar-refractivity contribution in [3.63, 3.8) is 0 Å². The van der Waals surface area contributed by atoms with Crippen LogP contribution < -0.4 is 9.64 Å². The number of amides is 1. The Morgan fingerprint density at radius 3 is 2.44 bits per heavy atom. The smallest absolute Gasteiger partial charge is 0.231 e. The summed E-state index contributed by atoms with van der Waals surface area (Å²) in [5.74, 6) is 1.23. The lowest BCUT2D eigenvalue weighted by Gasteiger charge is -2.23. The average molecular weight is 428 g/mol. The lowest BCUT2D eigenvalue weighted by atomic mass is 9.99. The van der Waals surface area contributed by atoms with E-state index in [0.29, 0.717) is 19.1 Å². The number of carbonyl (C=O) groups excluding carboxylic acids is 1. The Morgan fingerprint density at radius 1 is 1.00 bits per heavy atom. The molecule has 164 valence electrons. The van der Waals surface area contributed by atoms with Crippen LogP contribution in [-0.4, -0.2) is 12.5 Å². The van der Waals surface area contributed by atoms with Gasteiger partial charge in [-0.15, -0.1) is 0 Å². The van der Waals surface area contributed by atoms with Crippen molar-refractivity contribution in [2.75, 3.05) is 11.5 Å². The van der Waals surface area contributed by atoms with Crippen molar-refractivity contribution < 1.29 is 13.9 Å². The Kier molecular flexibility index (Phi) is 6.60. The fourth-order valence-electron chi connectivity index (χ4n) is 3.83. The molecule has 4 heteroatoms. The number of furan rings is 1. The number of rotatable bonds is 8. The van der Waals surface area contributed by atoms with Gasteiger partial charge in [0, 0.05) is 16.6 Å². The molecule has 0 saturated carbocycles. The number of carbonyl (C=O) groups is 1. The minimum atomic E-state index is 0.0238. The van der Waals surface area contributed by atoms with Gasteiger partial charge >= 0.3 is 0 Å². The number of benzene rings is 3. The highest BCUT2D eigenvalue weighted by atomic mass is 16.5. The van der Waals surface area contributed by atoms with Crippen LogP contribution >= 0.6 is 0 Å². The summed E-state index contributed by atoms with van der Waals surface area (Å²) in [6.45, 7) is 7.40. The first-order chi connectivity index (χ1) is 15.5. The van der Waals surface area contributed by atoms with Gasteiger partial charge in [-0.25, -0.2) is 0 Å². The Labute approximate surface area is 189 Å². The zero-order valence-corrected chi connectivity index (χ0v) is 18.9. The van der Waals surface area contributed by atoms with Gasteiger partial charge in [0.1, 0.15) is 11.3 Å². The molecule has 0 saturated heterocycles. The van der Waals surface area contributed by atoms with Crippen LogP contribution in [0.2, 0.25) is 0 Å². The van der Waals surface area contributed by atoms with Crippen LogP contribution in [0, 0.1) is 0 Å². The van der Waals surface area contributed by atoms with Crippen LogP contribution in [0.3, 0.4) is 0 Å². The fraction of sp³-hybridized carbons (Fsp3) is 0.250. The van der Waals surface area contributed by atoms with Gasteiger partial charge < -0.3 is 14.1 Å². The molecule has 4 rings (SSSR count). The second kappa shape index (κ2) is 9.73. The first kappa shape index (κ1) is 21.7. The van der Waals surface area contributed by atoms with Gasteiger partial charge in [-0.05, 0) is 60.4 Å². The van der Waals surface area contributed by atoms with E-state index in [0.717, 1.165) is 33.5 Å². The van der Waals surface area contributed by atoms with E-state index in [2.05, 4.69) is 26.0 Å². The molecule has 0 atom stereocenters. The Bertz CT molecular complexity index is 1180. The predicted octanol–water partition coefficient (Wildman–Crippen LogP) is 6.73. The van der Waals surface area contributed by atoms with Crippen molar-refractivity contribution >= 4 is 22.6 Å². The maximum absolute atomic E-state index is 13.5. The van der Waals surface area contributed by atoms with Gasteiger partial charge in [-0.3, -0.25) is 4.79 Å². The predicted molar refractivity (Wildman–Crippen MR) is 129 cm³/mol. The Hall–Kier alpha value is -3.53. The number of hydrogen-bond acceptors (Lipinski definition) is 3. The van der Waals surface area contributed by atoms with Gasteiger partial charge in [-0.2, -0.15) is 0 Å². The highest BCUT2D eigenvalue weighted by Crippen LogP contribution is 2.28. The molecule has 1 amide bonds. The molecule has 0 N–H and O–H groups in total. The fourth-order valence-corrected chi connectivity index (χ4v) is 3.83. The van der Waals surface area contributed by atoms with Crippen molar-refractivity contribution in [3.05, 3.63) is 95.7 Å². The van der Waals surface area contributed by atoms with Crippen molar-refractivity contribution in [2.45, 2.75) is 39.7 Å². The van der Waals surface area contributed by atoms with Crippen LogP contribution in [0.25, 0.3) is 11.0 Å². The molecule has 3 aromatic carbocycles. The van der Waals surface area contributed by atoms with E-state index in [1.165, 1.54) is 5.56 Å². The largest absolute Gasteiger partial charge is 0.494 e. The SMILES string of the molecule is CCOc1ccc(N(Cc2ccccc2)C(=O)Cc2coc3ccc(C(C)C)cc23)cc1. The summed E-state index contributed by atoms with van der Waals surface area (Å²) >= 11 is 0. The minimum absolute atomic E-state index is 0.0238. The molecule has 4 aromatic rings. The number of hydrogen-bond donors (Lipinski definition) is 0. The van der Waals surface area contributed by atoms with Crippen LogP contribution in [-0.2, 0) is 17.8 Å². The van der Waals surface area contributed by atoms with Gasteiger partial charge in [-0.1, -0.05) is 50.2 Å². The highest BCUT2D eigenvalue weighted by Gasteiger charge is 2.20. The normalized spacial score (nSPS) is 11.1. The number of fused-ring (bicyclic) bond motifs is 1. The molecular weight excluding hydrogens is 398 g/mol. The number of nitrogens with zero attached hydrogens (tertiary/aromatic N) is 1. The van der Waals surface area contributed by atoms with Crippen molar-refractivity contribution in [3.8, 4) is 5.75 Å². The summed E-state index contributed by atoms with van der Waals surface area (Å²) in [5.41, 5.74) is 4.89. The summed E-state index contributed by atoms with van der Waals surface area (Å²) in [7, 11) is 0. The number of ether oxygens (including phenoxy) is 1. The lowest BCUT2D eigenvalue weighted by molar-refractivity contribution is -0.118. The van der Waals surface area contributed by atoms with Crippen LogP contribution in [0.5, 0.6) is 5.75 Å². The molecule has 0 fully saturated rings. The molecule has 0 spiro atoms. The third kappa shape index (κ3) is 4.86. The van der Waals surface area contributed by atoms with Crippen molar-refractivity contribution in [2.24, 2.45) is 0 Å². The summed E-state index contributed by atoms with van der Waals surface area (Å²) in [5, 5.41) is 1.01. The zero-order chi connectivity index (χ0) is 22.5. The van der Waals surface area contributed by atoms with Gasteiger partial charge in [0.25, 0.3) is 0 Å². The van der Waals surface area contributed by atoms with Crippen molar-refractivity contribution in [1.82, 2.24) is 0 Å². The monoisotopic (exact) mass is 427 g/mol. The molecule has 0 unspecified atom stereocenters. The summed E-state index contributed by atoms with van der Waals surface area (Å²) in [4.78, 5) is 15.4. The maximum atomic E-state index is 13.5. The Morgan fingerprint density at radius 2 is 1.75 bits per heavy atom. The first-order valence-electron chi connectivity index (χ1n) is 11.1. The zero-order valence-electron chi connectivity index (χ0n) is 18.9. The molecule has 0 aliphatic carbocycles. The average Bonchev–Trinajstić information content (AvgIpc) is 3.21. The quantitative estimate of drug-likeness (QED) is 0.313. The van der Waals surface area contributed by atoms with E-state index in [9.17, 15) is 4.79 Å². The summed E-state index contributed by atoms with van der Waals surface area (Å²) in [6.07, 6.45) is 1.99. The van der Waals surface area contributed by atoms with E-state index >= 15 is 0 Å². The minimum Gasteiger partial charge on any atom is -0.494 e. The third-order valence-corrected chi connectivity index (χ3v) is 5.63. The standard InChI is InChI=1S/C28H29NO3/c1-4-31-25-13-11-24(12-14-25)29(18-21-8-6-5-7-9-21)28(30)17-23-19-32-27-15-10-22(20(2)3)16-26(23)27/h5-16,19-20H,4,17-18H2,1-3H3. The molecule has 4 nitrogen and oxygen atoms in total. The molecule has 1 aromatic heterocycles. The summed E-state index contributed by atoms with van der Waals surface area (Å²) < 4.78 is 11.3. The van der Waals surface area contributed by atoms with Gasteiger partial charge in [0.15, 0.2) is 0 Å². The summed E-state index contributed by atoms with van der Waals surface area (Å²) in [6, 6.07) is 24.0. The molecule has 0 bridgehead atoms. The van der Waals surface area contributed by atoms with Gasteiger partial charge in [0.05, 0.1) is 25.8 Å². The molecule has 0 aliphatic rings. The maximum Gasteiger partial charge on any atom is 0.231 e. The molecular formula is C28H29NO3. The van der Waals surface area contributed by atoms with E-state index in [1.54, 1.807) is 6.26 Å². The van der Waals surface area contributed by atoms with Crippen LogP contribution in [0.1, 0.15) is 43.4 Å². The highest BCUT2D eigenvalue weighted by molar-refractivity contribution is 5.97. The second-order valence-electron chi connectivity index (χ2n) is 8.24. The second-order valence-corrected chi connectivity index (χ2v) is 8.24.